The first kappa shape index (κ1) is 43.5. The Bertz CT molecular complexity index is 1720. The quantitative estimate of drug-likeness (QED) is 0.0443. The number of aromatic nitrogens is 2. The average molecular weight is 780 g/mol. The molecule has 2 N–H and O–H groups in total. The standard InChI is InChI=1S/C36H48F3N5O9Si/c1-36(2,3)53-35(48)42-28(22-50-16-15-30(45)52-21-24-11-9-8-10-12-24)32-41-27(20-43(32)23-51-17-18-54(5,6)7)26-14-13-25(40-34(47)49-4)19-29(26)44(39)33(46)31(37)38/h8-14,19-20,28,31H,15-18,21-23H2,1-7H3,(H,40,47)(H,42,48)/t28-/m0/s1. The monoisotopic (exact) mass is 779 g/mol. The molecule has 0 bridgehead atoms. The van der Waals surface area contributed by atoms with Crippen LogP contribution in [0.1, 0.15) is 44.6 Å². The van der Waals surface area contributed by atoms with Gasteiger partial charge in [-0.15, -0.1) is 5.12 Å². The Morgan fingerprint density at radius 2 is 1.69 bits per heavy atom. The molecule has 3 aromatic rings. The smallest absolute Gasteiger partial charge is 0.411 e. The minimum Gasteiger partial charge on any atom is -0.461 e. The van der Waals surface area contributed by atoms with E-state index in [1.165, 1.54) is 22.9 Å². The van der Waals surface area contributed by atoms with E-state index in [-0.39, 0.29) is 55.7 Å². The number of amides is 3. The topological polar surface area (TPSA) is 160 Å². The Kier molecular flexibility index (Phi) is 16.0. The minimum atomic E-state index is -3.69. The molecular weight excluding hydrogens is 732 g/mol. The van der Waals surface area contributed by atoms with Crippen molar-refractivity contribution >= 4 is 43.5 Å². The SMILES string of the molecule is COC(=O)Nc1ccc(-c2cn(COCC[Si](C)(C)C)c([C@H](COCCC(=O)OCc3ccccc3)NC(=O)OC(C)(C)C)n2)c(N(F)C(=O)C(F)F)c1. The summed E-state index contributed by atoms with van der Waals surface area (Å²) in [5, 5.41) is 4.29. The first-order valence-corrected chi connectivity index (χ1v) is 20.8. The third kappa shape index (κ3) is 14.5. The maximum Gasteiger partial charge on any atom is 0.411 e. The number of hydrogen-bond acceptors (Lipinski definition) is 10. The molecule has 54 heavy (non-hydrogen) atoms. The number of anilines is 2. The zero-order valence-corrected chi connectivity index (χ0v) is 32.5. The van der Waals surface area contributed by atoms with Crippen LogP contribution in [0.3, 0.4) is 0 Å². The predicted molar refractivity (Wildman–Crippen MR) is 196 cm³/mol. The molecule has 3 rings (SSSR count). The van der Waals surface area contributed by atoms with Gasteiger partial charge >= 0.3 is 30.5 Å². The molecule has 0 radical (unpaired) electrons. The second-order valence-corrected chi connectivity index (χ2v) is 19.9. The largest absolute Gasteiger partial charge is 0.461 e. The van der Waals surface area contributed by atoms with Gasteiger partial charge in [-0.3, -0.25) is 14.9 Å². The number of nitrogens with zero attached hydrogens (tertiary/aromatic N) is 3. The van der Waals surface area contributed by atoms with E-state index in [1.54, 1.807) is 20.8 Å². The molecule has 1 heterocycles. The number of alkyl carbamates (subject to hydrolysis) is 1. The molecule has 0 unspecified atom stereocenters. The van der Waals surface area contributed by atoms with E-state index in [9.17, 15) is 28.0 Å². The van der Waals surface area contributed by atoms with E-state index < -0.39 is 61.0 Å². The van der Waals surface area contributed by atoms with E-state index in [1.807, 2.05) is 30.3 Å². The van der Waals surface area contributed by atoms with Crippen molar-refractivity contribution in [3.8, 4) is 11.3 Å². The van der Waals surface area contributed by atoms with Crippen LogP contribution in [0.25, 0.3) is 11.3 Å². The Labute approximate surface area is 313 Å². The Morgan fingerprint density at radius 3 is 2.31 bits per heavy atom. The third-order valence-electron chi connectivity index (χ3n) is 7.31. The van der Waals surface area contributed by atoms with Gasteiger partial charge in [0.15, 0.2) is 0 Å². The first-order chi connectivity index (χ1) is 25.4. The van der Waals surface area contributed by atoms with Crippen LogP contribution in [0, 0.1) is 0 Å². The van der Waals surface area contributed by atoms with Crippen molar-refractivity contribution in [3.63, 3.8) is 0 Å². The molecule has 3 amide bonds. The summed E-state index contributed by atoms with van der Waals surface area (Å²) in [6.45, 7) is 11.6. The molecule has 2 aromatic carbocycles. The molecule has 0 saturated heterocycles. The Balaban J connectivity index is 2.00. The van der Waals surface area contributed by atoms with Gasteiger partial charge in [0.25, 0.3) is 0 Å². The summed E-state index contributed by atoms with van der Waals surface area (Å²) in [4.78, 5) is 54.1. The van der Waals surface area contributed by atoms with Gasteiger partial charge in [0.05, 0.1) is 38.1 Å². The van der Waals surface area contributed by atoms with E-state index >= 15 is 4.48 Å². The van der Waals surface area contributed by atoms with Crippen LogP contribution in [0.4, 0.5) is 34.2 Å². The van der Waals surface area contributed by atoms with Gasteiger partial charge in [-0.25, -0.2) is 14.6 Å². The summed E-state index contributed by atoms with van der Waals surface area (Å²) in [6, 6.07) is 12.5. The summed E-state index contributed by atoms with van der Waals surface area (Å²) in [5.74, 6) is -2.54. The van der Waals surface area contributed by atoms with Crippen LogP contribution in [0.5, 0.6) is 0 Å². The highest BCUT2D eigenvalue weighted by Gasteiger charge is 2.30. The summed E-state index contributed by atoms with van der Waals surface area (Å²) < 4.78 is 70.8. The summed E-state index contributed by atoms with van der Waals surface area (Å²) >= 11 is 0. The van der Waals surface area contributed by atoms with Crippen molar-refractivity contribution < 1.29 is 56.1 Å². The van der Waals surface area contributed by atoms with E-state index in [0.717, 1.165) is 24.8 Å². The minimum absolute atomic E-state index is 0.0105. The molecular formula is C36H48F3N5O9Si. The number of carbonyl (C=O) groups excluding carboxylic acids is 4. The lowest BCUT2D eigenvalue weighted by Crippen LogP contribution is -2.38. The summed E-state index contributed by atoms with van der Waals surface area (Å²) in [6.07, 6.45) is -4.12. The highest BCUT2D eigenvalue weighted by atomic mass is 28.3. The fourth-order valence-corrected chi connectivity index (χ4v) is 5.40. The molecule has 0 spiro atoms. The fourth-order valence-electron chi connectivity index (χ4n) is 4.64. The number of ether oxygens (including phenoxy) is 5. The molecule has 296 valence electrons. The highest BCUT2D eigenvalue weighted by Crippen LogP contribution is 2.35. The summed E-state index contributed by atoms with van der Waals surface area (Å²) in [5.41, 5.74) is -0.928. The molecule has 0 aliphatic rings. The predicted octanol–water partition coefficient (Wildman–Crippen LogP) is 7.24. The van der Waals surface area contributed by atoms with Crippen LogP contribution in [0.15, 0.2) is 54.7 Å². The molecule has 1 atom stereocenters. The number of esters is 1. The Hall–Kier alpha value is -4.94. The third-order valence-corrected chi connectivity index (χ3v) is 9.02. The average Bonchev–Trinajstić information content (AvgIpc) is 3.52. The van der Waals surface area contributed by atoms with Crippen molar-refractivity contribution in [2.75, 3.05) is 37.4 Å². The maximum absolute atomic E-state index is 15.4. The van der Waals surface area contributed by atoms with Crippen molar-refractivity contribution in [1.29, 1.82) is 0 Å². The molecule has 1 aromatic heterocycles. The number of carbonyl (C=O) groups is 4. The zero-order chi connectivity index (χ0) is 40.1. The normalized spacial score (nSPS) is 12.2. The number of benzene rings is 2. The van der Waals surface area contributed by atoms with Gasteiger partial charge in [0.1, 0.15) is 30.8 Å². The van der Waals surface area contributed by atoms with E-state index in [2.05, 4.69) is 40.0 Å². The lowest BCUT2D eigenvalue weighted by Gasteiger charge is -2.24. The lowest BCUT2D eigenvalue weighted by atomic mass is 10.1. The van der Waals surface area contributed by atoms with Gasteiger partial charge < -0.3 is 33.6 Å². The van der Waals surface area contributed by atoms with E-state index in [0.29, 0.717) is 6.61 Å². The van der Waals surface area contributed by atoms with Crippen LogP contribution in [-0.4, -0.2) is 80.6 Å². The summed E-state index contributed by atoms with van der Waals surface area (Å²) in [7, 11) is -0.408. The Morgan fingerprint density at radius 1 is 0.981 bits per heavy atom. The van der Waals surface area contributed by atoms with Crippen LogP contribution in [0.2, 0.25) is 25.7 Å². The van der Waals surface area contributed by atoms with Gasteiger partial charge in [0.2, 0.25) is 0 Å². The number of methoxy groups -OCH3 is 1. The second-order valence-electron chi connectivity index (χ2n) is 14.2. The number of imidazole rings is 1. The zero-order valence-electron chi connectivity index (χ0n) is 31.5. The molecule has 0 saturated carbocycles. The number of hydrogen-bond donors (Lipinski definition) is 2. The molecule has 0 aliphatic heterocycles. The van der Waals surface area contributed by atoms with Gasteiger partial charge in [-0.1, -0.05) is 54.5 Å². The van der Waals surface area contributed by atoms with E-state index in [4.69, 9.17) is 18.9 Å². The highest BCUT2D eigenvalue weighted by molar-refractivity contribution is 6.76. The lowest BCUT2D eigenvalue weighted by molar-refractivity contribution is -0.146. The van der Waals surface area contributed by atoms with Crippen LogP contribution < -0.4 is 15.8 Å². The number of halogens is 3. The van der Waals surface area contributed by atoms with Gasteiger partial charge in [0, 0.05) is 32.1 Å². The van der Waals surface area contributed by atoms with Crippen LogP contribution >= 0.6 is 0 Å². The second kappa shape index (κ2) is 19.9. The van der Waals surface area contributed by atoms with Crippen molar-refractivity contribution in [1.82, 2.24) is 14.9 Å². The van der Waals surface area contributed by atoms with Crippen LogP contribution in [-0.2, 0) is 46.6 Å². The fraction of sp³-hybridized carbons (Fsp3) is 0.472. The van der Waals surface area contributed by atoms with Gasteiger partial charge in [-0.05, 0) is 50.6 Å². The number of alkyl halides is 2. The first-order valence-electron chi connectivity index (χ1n) is 17.1. The number of rotatable bonds is 18. The molecule has 0 aliphatic carbocycles. The van der Waals surface area contributed by atoms with Crippen molar-refractivity contribution in [2.45, 2.75) is 84.3 Å². The van der Waals surface area contributed by atoms with Gasteiger partial charge in [-0.2, -0.15) is 8.78 Å². The van der Waals surface area contributed by atoms with Crippen molar-refractivity contribution in [3.05, 3.63) is 66.1 Å². The van der Waals surface area contributed by atoms with Crippen molar-refractivity contribution in [2.24, 2.45) is 0 Å². The maximum atomic E-state index is 15.4. The molecule has 14 nitrogen and oxygen atoms in total. The number of nitrogens with one attached hydrogen (secondary N) is 2. The molecule has 0 fully saturated rings. The molecule has 18 heteroatoms.